The van der Waals surface area contributed by atoms with Gasteiger partial charge in [-0.25, -0.2) is 0 Å². The van der Waals surface area contributed by atoms with Crippen molar-refractivity contribution in [1.29, 1.82) is 0 Å². The molecule has 0 aromatic heterocycles. The predicted molar refractivity (Wildman–Crippen MR) is 118 cm³/mol. The molecule has 3 heteroatoms. The van der Waals surface area contributed by atoms with Crippen molar-refractivity contribution in [2.45, 2.75) is 48.0 Å². The fraction of sp³-hybridized carbons (Fsp3) is 0.500. The monoisotopic (exact) mass is 384 g/mol. The van der Waals surface area contributed by atoms with Gasteiger partial charge < -0.3 is 8.85 Å². The van der Waals surface area contributed by atoms with Gasteiger partial charge in [0, 0.05) is 13.2 Å². The van der Waals surface area contributed by atoms with Gasteiger partial charge in [0.25, 0.3) is 0 Å². The molecule has 0 N–H and O–H groups in total. The van der Waals surface area contributed by atoms with Crippen molar-refractivity contribution in [1.82, 2.24) is 0 Å². The van der Waals surface area contributed by atoms with E-state index < -0.39 is 8.56 Å². The molecule has 0 fully saturated rings. The average molecular weight is 385 g/mol. The Kier molecular flexibility index (Phi) is 7.84. The molecule has 1 atom stereocenters. The molecule has 0 bridgehead atoms. The van der Waals surface area contributed by atoms with Crippen LogP contribution in [-0.2, 0) is 8.85 Å². The quantitative estimate of drug-likeness (QED) is 0.566. The minimum Gasteiger partial charge on any atom is -0.387 e. The lowest BCUT2D eigenvalue weighted by atomic mass is 9.86. The molecule has 0 aliphatic heterocycles. The first-order valence-electron chi connectivity index (χ1n) is 10.1. The van der Waals surface area contributed by atoms with Gasteiger partial charge in [0.1, 0.15) is 0 Å². The summed E-state index contributed by atoms with van der Waals surface area (Å²) >= 11 is 0. The Morgan fingerprint density at radius 2 is 1.19 bits per heavy atom. The van der Waals surface area contributed by atoms with Gasteiger partial charge in [-0.05, 0) is 34.0 Å². The summed E-state index contributed by atoms with van der Waals surface area (Å²) in [5.74, 6) is 0.937. The molecule has 0 saturated heterocycles. The van der Waals surface area contributed by atoms with Gasteiger partial charge in [0.05, 0.1) is 0 Å². The molecule has 148 valence electrons. The molecule has 2 nitrogen and oxygen atoms in total. The van der Waals surface area contributed by atoms with Crippen molar-refractivity contribution in [2.75, 3.05) is 13.2 Å². The van der Waals surface area contributed by atoms with Crippen LogP contribution in [0.5, 0.6) is 0 Å². The topological polar surface area (TPSA) is 18.5 Å². The third-order valence-electron chi connectivity index (χ3n) is 4.46. The third-order valence-corrected chi connectivity index (χ3v) is 7.79. The van der Waals surface area contributed by atoms with Crippen LogP contribution in [-0.4, -0.2) is 21.8 Å². The number of rotatable bonds is 9. The molecule has 2 aromatic carbocycles. The lowest BCUT2D eigenvalue weighted by Crippen LogP contribution is -2.64. The highest BCUT2D eigenvalue weighted by Gasteiger charge is 2.43. The Bertz CT molecular complexity index is 622. The van der Waals surface area contributed by atoms with Gasteiger partial charge >= 0.3 is 8.56 Å². The van der Waals surface area contributed by atoms with Gasteiger partial charge in [-0.2, -0.15) is 0 Å². The highest BCUT2D eigenvalue weighted by Crippen LogP contribution is 2.25. The van der Waals surface area contributed by atoms with Gasteiger partial charge in [0.15, 0.2) is 0 Å². The lowest BCUT2D eigenvalue weighted by molar-refractivity contribution is 0.140. The van der Waals surface area contributed by atoms with E-state index in [1.54, 1.807) is 0 Å². The molecule has 0 spiro atoms. The summed E-state index contributed by atoms with van der Waals surface area (Å²) in [5.41, 5.74) is 0.297. The van der Waals surface area contributed by atoms with Crippen LogP contribution in [0.15, 0.2) is 60.7 Å². The van der Waals surface area contributed by atoms with Crippen LogP contribution >= 0.6 is 0 Å². The summed E-state index contributed by atoms with van der Waals surface area (Å²) in [6, 6.07) is 21.1. The van der Waals surface area contributed by atoms with E-state index >= 15 is 0 Å². The maximum Gasteiger partial charge on any atom is 0.407 e. The first kappa shape index (κ1) is 21.9. The fourth-order valence-electron chi connectivity index (χ4n) is 3.50. The second-order valence-electron chi connectivity index (χ2n) is 9.23. The number of hydrogen-bond donors (Lipinski definition) is 0. The van der Waals surface area contributed by atoms with E-state index in [4.69, 9.17) is 8.85 Å². The Morgan fingerprint density at radius 1 is 0.741 bits per heavy atom. The maximum atomic E-state index is 6.78. The standard InChI is InChI=1S/C24H36O2Si/c1-20(2)18-25-27(22-13-9-7-10-14-22,23-15-11-8-12-16-23)26-19-21(3)17-24(4,5)6/h7-16,20-21H,17-19H2,1-6H3. The van der Waals surface area contributed by atoms with Gasteiger partial charge in [-0.3, -0.25) is 0 Å². The summed E-state index contributed by atoms with van der Waals surface area (Å²) < 4.78 is 13.4. The molecule has 0 amide bonds. The smallest absolute Gasteiger partial charge is 0.387 e. The summed E-state index contributed by atoms with van der Waals surface area (Å²) in [6.07, 6.45) is 1.13. The van der Waals surface area contributed by atoms with Crippen molar-refractivity contribution in [3.05, 3.63) is 60.7 Å². The minimum atomic E-state index is -2.75. The van der Waals surface area contributed by atoms with E-state index in [9.17, 15) is 0 Å². The molecule has 0 radical (unpaired) electrons. The van der Waals surface area contributed by atoms with Crippen LogP contribution in [0.25, 0.3) is 0 Å². The Labute approximate surface area is 167 Å². The average Bonchev–Trinajstić information content (AvgIpc) is 2.62. The number of hydrogen-bond acceptors (Lipinski definition) is 2. The van der Waals surface area contributed by atoms with Gasteiger partial charge in [0.2, 0.25) is 0 Å². The van der Waals surface area contributed by atoms with Crippen molar-refractivity contribution in [2.24, 2.45) is 17.3 Å². The van der Waals surface area contributed by atoms with Crippen LogP contribution in [0, 0.1) is 17.3 Å². The summed E-state index contributed by atoms with van der Waals surface area (Å²) in [5, 5.41) is 2.36. The summed E-state index contributed by atoms with van der Waals surface area (Å²) in [6.45, 7) is 14.9. The van der Waals surface area contributed by atoms with E-state index in [-0.39, 0.29) is 0 Å². The highest BCUT2D eigenvalue weighted by atomic mass is 28.4. The van der Waals surface area contributed by atoms with E-state index in [0.29, 0.717) is 30.5 Å². The molecule has 27 heavy (non-hydrogen) atoms. The van der Waals surface area contributed by atoms with Crippen LogP contribution in [0.3, 0.4) is 0 Å². The first-order chi connectivity index (χ1) is 12.7. The fourth-order valence-corrected chi connectivity index (χ4v) is 6.94. The summed E-state index contributed by atoms with van der Waals surface area (Å²) in [4.78, 5) is 0. The predicted octanol–water partition coefficient (Wildman–Crippen LogP) is 5.00. The Balaban J connectivity index is 2.38. The van der Waals surface area contributed by atoms with Crippen molar-refractivity contribution < 1.29 is 8.85 Å². The number of benzene rings is 2. The van der Waals surface area contributed by atoms with Gasteiger partial charge in [-0.1, -0.05) is 102 Å². The normalized spacial score (nSPS) is 13.7. The molecular weight excluding hydrogens is 348 g/mol. The molecular formula is C24H36O2Si. The molecule has 0 aliphatic carbocycles. The second kappa shape index (κ2) is 9.68. The van der Waals surface area contributed by atoms with Crippen LogP contribution in [0.2, 0.25) is 0 Å². The van der Waals surface area contributed by atoms with E-state index in [2.05, 4.69) is 102 Å². The van der Waals surface area contributed by atoms with Gasteiger partial charge in [-0.15, -0.1) is 0 Å². The first-order valence-corrected chi connectivity index (χ1v) is 11.9. The Morgan fingerprint density at radius 3 is 1.59 bits per heavy atom. The zero-order valence-electron chi connectivity index (χ0n) is 17.9. The molecule has 2 rings (SSSR count). The van der Waals surface area contributed by atoms with Crippen molar-refractivity contribution in [3.8, 4) is 0 Å². The zero-order valence-corrected chi connectivity index (χ0v) is 18.9. The molecule has 0 heterocycles. The van der Waals surface area contributed by atoms with Crippen LogP contribution in [0.4, 0.5) is 0 Å². The zero-order chi connectivity index (χ0) is 19.9. The Hall–Kier alpha value is -1.42. The summed E-state index contributed by atoms with van der Waals surface area (Å²) in [7, 11) is -2.75. The van der Waals surface area contributed by atoms with E-state index in [1.165, 1.54) is 10.4 Å². The van der Waals surface area contributed by atoms with Crippen molar-refractivity contribution in [3.63, 3.8) is 0 Å². The molecule has 0 aliphatic rings. The molecule has 2 aromatic rings. The third kappa shape index (κ3) is 6.60. The van der Waals surface area contributed by atoms with Crippen LogP contribution in [0.1, 0.15) is 48.0 Å². The van der Waals surface area contributed by atoms with E-state index in [1.807, 2.05) is 0 Å². The molecule has 1 unspecified atom stereocenters. The van der Waals surface area contributed by atoms with E-state index in [0.717, 1.165) is 6.42 Å². The van der Waals surface area contributed by atoms with Crippen LogP contribution < -0.4 is 10.4 Å². The van der Waals surface area contributed by atoms with Crippen molar-refractivity contribution >= 4 is 18.9 Å². The SMILES string of the molecule is CC(C)CO[Si](OCC(C)CC(C)(C)C)(c1ccccc1)c1ccccc1. The second-order valence-corrected chi connectivity index (χ2v) is 12.2. The lowest BCUT2D eigenvalue weighted by Gasteiger charge is -2.34. The molecule has 0 saturated carbocycles. The highest BCUT2D eigenvalue weighted by molar-refractivity contribution is 6.92. The largest absolute Gasteiger partial charge is 0.407 e. The maximum absolute atomic E-state index is 6.78. The minimum absolute atomic E-state index is 0.297.